The number of nitrogens with zero attached hydrogens (tertiary/aromatic N) is 1. The minimum atomic E-state index is -4.47. The normalized spacial score (nSPS) is 12.4. The Bertz CT molecular complexity index is 540. The Morgan fingerprint density at radius 3 is 2.70 bits per heavy atom. The van der Waals surface area contributed by atoms with Crippen molar-refractivity contribution in [3.8, 4) is 6.07 Å². The van der Waals surface area contributed by atoms with Crippen LogP contribution < -0.4 is 10.6 Å². The van der Waals surface area contributed by atoms with Crippen LogP contribution in [0.15, 0.2) is 18.2 Å². The first-order chi connectivity index (χ1) is 9.23. The molecule has 8 heteroatoms. The maximum Gasteiger partial charge on any atom is 0.405 e. The molecular formula is C12H11ClF3N3O. The molecule has 0 radical (unpaired) electrons. The molecule has 1 unspecified atom stereocenters. The van der Waals surface area contributed by atoms with Crippen LogP contribution in [0.1, 0.15) is 12.5 Å². The van der Waals surface area contributed by atoms with Crippen molar-refractivity contribution >= 4 is 23.2 Å². The molecule has 0 bridgehead atoms. The van der Waals surface area contributed by atoms with Crippen LogP contribution in [0.25, 0.3) is 0 Å². The molecule has 108 valence electrons. The van der Waals surface area contributed by atoms with Crippen molar-refractivity contribution in [2.45, 2.75) is 19.1 Å². The van der Waals surface area contributed by atoms with Gasteiger partial charge in [-0.25, -0.2) is 0 Å². The molecule has 0 fully saturated rings. The first kappa shape index (κ1) is 16.1. The molecule has 0 aliphatic heterocycles. The second-order valence-corrected chi connectivity index (χ2v) is 4.44. The van der Waals surface area contributed by atoms with Crippen molar-refractivity contribution in [3.05, 3.63) is 28.8 Å². The Hall–Kier alpha value is -1.94. The van der Waals surface area contributed by atoms with E-state index in [1.807, 2.05) is 6.07 Å². The Morgan fingerprint density at radius 1 is 1.50 bits per heavy atom. The highest BCUT2D eigenvalue weighted by atomic mass is 35.5. The lowest BCUT2D eigenvalue weighted by atomic mass is 10.1. The van der Waals surface area contributed by atoms with Crippen molar-refractivity contribution in [2.75, 3.05) is 11.9 Å². The number of carbonyl (C=O) groups is 1. The summed E-state index contributed by atoms with van der Waals surface area (Å²) in [6.45, 7) is -0.0216. The Balaban J connectivity index is 2.71. The van der Waals surface area contributed by atoms with Crippen LogP contribution in [-0.4, -0.2) is 24.7 Å². The van der Waals surface area contributed by atoms with Gasteiger partial charge in [0.05, 0.1) is 11.3 Å². The summed E-state index contributed by atoms with van der Waals surface area (Å²) in [5.41, 5.74) is 0.527. The van der Waals surface area contributed by atoms with E-state index in [-0.39, 0.29) is 11.3 Å². The third kappa shape index (κ3) is 4.97. The number of carbonyl (C=O) groups excluding carboxylic acids is 1. The van der Waals surface area contributed by atoms with Crippen molar-refractivity contribution in [3.63, 3.8) is 0 Å². The summed E-state index contributed by atoms with van der Waals surface area (Å²) in [5.74, 6) is -0.828. The predicted octanol–water partition coefficient (Wildman–Crippen LogP) is 2.69. The van der Waals surface area contributed by atoms with Gasteiger partial charge < -0.3 is 10.6 Å². The highest BCUT2D eigenvalue weighted by Gasteiger charge is 2.28. The molecule has 0 aromatic heterocycles. The van der Waals surface area contributed by atoms with E-state index in [2.05, 4.69) is 5.32 Å². The van der Waals surface area contributed by atoms with Gasteiger partial charge in [-0.15, -0.1) is 0 Å². The van der Waals surface area contributed by atoms with Gasteiger partial charge in [-0.1, -0.05) is 11.6 Å². The molecule has 0 aliphatic rings. The topological polar surface area (TPSA) is 64.9 Å². The molecule has 0 aliphatic carbocycles. The largest absolute Gasteiger partial charge is 0.405 e. The van der Waals surface area contributed by atoms with E-state index in [0.29, 0.717) is 5.02 Å². The Kier molecular flexibility index (Phi) is 5.22. The molecule has 1 rings (SSSR count). The van der Waals surface area contributed by atoms with E-state index in [0.717, 1.165) is 0 Å². The van der Waals surface area contributed by atoms with Crippen LogP contribution in [-0.2, 0) is 4.79 Å². The Labute approximate surface area is 118 Å². The zero-order valence-corrected chi connectivity index (χ0v) is 11.1. The summed E-state index contributed by atoms with van der Waals surface area (Å²) < 4.78 is 35.9. The first-order valence-electron chi connectivity index (χ1n) is 5.53. The van der Waals surface area contributed by atoms with Crippen molar-refractivity contribution in [1.29, 1.82) is 5.26 Å². The van der Waals surface area contributed by atoms with E-state index < -0.39 is 24.7 Å². The summed E-state index contributed by atoms with van der Waals surface area (Å²) in [6.07, 6.45) is -4.47. The van der Waals surface area contributed by atoms with Gasteiger partial charge in [-0.3, -0.25) is 4.79 Å². The molecule has 1 aromatic carbocycles. The van der Waals surface area contributed by atoms with Crippen LogP contribution in [0.3, 0.4) is 0 Å². The molecule has 1 amide bonds. The van der Waals surface area contributed by atoms with Gasteiger partial charge in [0.1, 0.15) is 18.7 Å². The van der Waals surface area contributed by atoms with Crippen molar-refractivity contribution in [2.24, 2.45) is 0 Å². The number of hydrogen-bond acceptors (Lipinski definition) is 3. The number of alkyl halides is 3. The summed E-state index contributed by atoms with van der Waals surface area (Å²) >= 11 is 5.76. The number of nitriles is 1. The SMILES string of the molecule is CC(Nc1cc(Cl)ccc1C#N)C(=O)NCC(F)(F)F. The fourth-order valence-electron chi connectivity index (χ4n) is 1.37. The quantitative estimate of drug-likeness (QED) is 0.899. The number of rotatable bonds is 4. The molecule has 20 heavy (non-hydrogen) atoms. The molecule has 1 aromatic rings. The van der Waals surface area contributed by atoms with Gasteiger partial charge in [0.2, 0.25) is 5.91 Å². The molecule has 1 atom stereocenters. The molecule has 0 saturated heterocycles. The third-order valence-electron chi connectivity index (χ3n) is 2.33. The number of nitrogens with one attached hydrogen (secondary N) is 2. The van der Waals surface area contributed by atoms with E-state index in [4.69, 9.17) is 16.9 Å². The lowest BCUT2D eigenvalue weighted by Gasteiger charge is -2.17. The fraction of sp³-hybridized carbons (Fsp3) is 0.333. The maximum atomic E-state index is 12.0. The molecule has 0 heterocycles. The average molecular weight is 306 g/mol. The van der Waals surface area contributed by atoms with E-state index in [1.54, 1.807) is 5.32 Å². The number of amides is 1. The predicted molar refractivity (Wildman–Crippen MR) is 68.3 cm³/mol. The molecule has 0 spiro atoms. The van der Waals surface area contributed by atoms with Gasteiger partial charge >= 0.3 is 6.18 Å². The zero-order chi connectivity index (χ0) is 15.3. The number of hydrogen-bond donors (Lipinski definition) is 2. The second-order valence-electron chi connectivity index (χ2n) is 4.00. The average Bonchev–Trinajstić information content (AvgIpc) is 2.35. The monoisotopic (exact) mass is 305 g/mol. The number of halogens is 4. The van der Waals surface area contributed by atoms with Gasteiger partial charge in [-0.2, -0.15) is 18.4 Å². The first-order valence-corrected chi connectivity index (χ1v) is 5.91. The minimum absolute atomic E-state index is 0.241. The van der Waals surface area contributed by atoms with Crippen molar-refractivity contribution in [1.82, 2.24) is 5.32 Å². The number of benzene rings is 1. The van der Waals surface area contributed by atoms with Gasteiger partial charge in [0, 0.05) is 5.02 Å². The summed E-state index contributed by atoms with van der Waals surface area (Å²) in [6, 6.07) is 5.32. The lowest BCUT2D eigenvalue weighted by molar-refractivity contribution is -0.138. The van der Waals surface area contributed by atoms with Crippen molar-refractivity contribution < 1.29 is 18.0 Å². The summed E-state index contributed by atoms with van der Waals surface area (Å²) in [7, 11) is 0. The second kappa shape index (κ2) is 6.48. The van der Waals surface area contributed by atoms with E-state index in [9.17, 15) is 18.0 Å². The molecular weight excluding hydrogens is 295 g/mol. The minimum Gasteiger partial charge on any atom is -0.373 e. The highest BCUT2D eigenvalue weighted by molar-refractivity contribution is 6.30. The standard InChI is InChI=1S/C12H11ClF3N3O/c1-7(11(20)18-6-12(14,15)16)19-10-4-9(13)3-2-8(10)5-17/h2-4,7,19H,6H2,1H3,(H,18,20). The molecule has 0 saturated carbocycles. The van der Waals surface area contributed by atoms with Crippen LogP contribution in [0.4, 0.5) is 18.9 Å². The van der Waals surface area contributed by atoms with E-state index >= 15 is 0 Å². The van der Waals surface area contributed by atoms with Crippen LogP contribution >= 0.6 is 11.6 Å². The lowest BCUT2D eigenvalue weighted by Crippen LogP contribution is -2.42. The van der Waals surface area contributed by atoms with Gasteiger partial charge in [0.15, 0.2) is 0 Å². The number of anilines is 1. The van der Waals surface area contributed by atoms with Gasteiger partial charge in [0.25, 0.3) is 0 Å². The fourth-order valence-corrected chi connectivity index (χ4v) is 1.54. The van der Waals surface area contributed by atoms with Crippen LogP contribution in [0.2, 0.25) is 5.02 Å². The smallest absolute Gasteiger partial charge is 0.373 e. The summed E-state index contributed by atoms with van der Waals surface area (Å²) in [5, 5.41) is 13.6. The molecule has 4 nitrogen and oxygen atoms in total. The van der Waals surface area contributed by atoms with Crippen LogP contribution in [0, 0.1) is 11.3 Å². The molecule has 2 N–H and O–H groups in total. The summed E-state index contributed by atoms with van der Waals surface area (Å²) in [4.78, 5) is 11.5. The van der Waals surface area contributed by atoms with Crippen LogP contribution in [0.5, 0.6) is 0 Å². The van der Waals surface area contributed by atoms with E-state index in [1.165, 1.54) is 25.1 Å². The van der Waals surface area contributed by atoms with Gasteiger partial charge in [-0.05, 0) is 25.1 Å². The Morgan fingerprint density at radius 2 is 2.15 bits per heavy atom. The maximum absolute atomic E-state index is 12.0. The highest BCUT2D eigenvalue weighted by Crippen LogP contribution is 2.21. The third-order valence-corrected chi connectivity index (χ3v) is 2.57. The zero-order valence-electron chi connectivity index (χ0n) is 10.4.